The first-order chi connectivity index (χ1) is 15.0. The Kier molecular flexibility index (Phi) is 6.66. The number of rotatable bonds is 4. The maximum absolute atomic E-state index is 13.2. The van der Waals surface area contributed by atoms with Gasteiger partial charge in [-0.15, -0.1) is 0 Å². The highest BCUT2D eigenvalue weighted by molar-refractivity contribution is 5.94. The van der Waals surface area contributed by atoms with Gasteiger partial charge in [-0.05, 0) is 55.2 Å². The van der Waals surface area contributed by atoms with Gasteiger partial charge in [-0.25, -0.2) is 4.39 Å². The van der Waals surface area contributed by atoms with Crippen molar-refractivity contribution in [2.75, 3.05) is 39.3 Å². The van der Waals surface area contributed by atoms with Crippen LogP contribution in [0.2, 0.25) is 0 Å². The second-order valence-electron chi connectivity index (χ2n) is 8.63. The summed E-state index contributed by atoms with van der Waals surface area (Å²) in [5.74, 6) is -0.474. The molecule has 0 radical (unpaired) electrons. The molecule has 5 nitrogen and oxygen atoms in total. The molecule has 164 valence electrons. The van der Waals surface area contributed by atoms with Gasteiger partial charge in [0.2, 0.25) is 5.91 Å². The van der Waals surface area contributed by atoms with Crippen LogP contribution in [0.15, 0.2) is 48.5 Å². The van der Waals surface area contributed by atoms with Crippen LogP contribution >= 0.6 is 0 Å². The van der Waals surface area contributed by atoms with Gasteiger partial charge in [-0.3, -0.25) is 14.5 Å². The minimum atomic E-state index is -0.357. The van der Waals surface area contributed by atoms with E-state index < -0.39 is 0 Å². The highest BCUT2D eigenvalue weighted by Crippen LogP contribution is 2.22. The number of aryl methyl sites for hydroxylation is 1. The summed E-state index contributed by atoms with van der Waals surface area (Å²) in [4.78, 5) is 32.0. The number of piperazine rings is 1. The second-order valence-corrected chi connectivity index (χ2v) is 8.63. The van der Waals surface area contributed by atoms with Crippen LogP contribution in [0, 0.1) is 18.7 Å². The molecule has 2 saturated heterocycles. The number of benzene rings is 2. The fraction of sp³-hybridized carbons (Fsp3) is 0.440. The number of hydrogen-bond acceptors (Lipinski definition) is 3. The lowest BCUT2D eigenvalue weighted by Crippen LogP contribution is -2.52. The van der Waals surface area contributed by atoms with Gasteiger partial charge < -0.3 is 9.80 Å². The number of carbonyl (C=O) groups is 2. The summed E-state index contributed by atoms with van der Waals surface area (Å²) < 4.78 is 13.2. The molecule has 1 atom stereocenters. The SMILES string of the molecule is Cc1ccccc1CN1CCN(C(=O)C2CCCN(C(=O)c3ccc(F)cc3)C2)CC1. The summed E-state index contributed by atoms with van der Waals surface area (Å²) >= 11 is 0. The molecule has 0 saturated carbocycles. The average Bonchev–Trinajstić information content (AvgIpc) is 2.81. The first kappa shape index (κ1) is 21.5. The van der Waals surface area contributed by atoms with Gasteiger partial charge in [-0.1, -0.05) is 24.3 Å². The predicted molar refractivity (Wildman–Crippen MR) is 118 cm³/mol. The highest BCUT2D eigenvalue weighted by atomic mass is 19.1. The third-order valence-electron chi connectivity index (χ3n) is 6.49. The molecule has 2 aliphatic heterocycles. The average molecular weight is 424 g/mol. The Morgan fingerprint density at radius 1 is 0.935 bits per heavy atom. The van der Waals surface area contributed by atoms with Crippen molar-refractivity contribution in [2.24, 2.45) is 5.92 Å². The molecule has 6 heteroatoms. The largest absolute Gasteiger partial charge is 0.340 e. The van der Waals surface area contributed by atoms with Gasteiger partial charge in [0.05, 0.1) is 5.92 Å². The first-order valence-corrected chi connectivity index (χ1v) is 11.1. The Balaban J connectivity index is 1.31. The van der Waals surface area contributed by atoms with Crippen LogP contribution in [-0.4, -0.2) is 65.8 Å². The van der Waals surface area contributed by atoms with Gasteiger partial charge in [0, 0.05) is 51.4 Å². The van der Waals surface area contributed by atoms with Crippen molar-refractivity contribution in [3.05, 3.63) is 71.0 Å². The van der Waals surface area contributed by atoms with Gasteiger partial charge in [-0.2, -0.15) is 0 Å². The van der Waals surface area contributed by atoms with E-state index in [0.717, 1.165) is 45.6 Å². The monoisotopic (exact) mass is 423 g/mol. The Labute approximate surface area is 183 Å². The lowest BCUT2D eigenvalue weighted by molar-refractivity contribution is -0.138. The van der Waals surface area contributed by atoms with Crippen molar-refractivity contribution >= 4 is 11.8 Å². The summed E-state index contributed by atoms with van der Waals surface area (Å²) in [7, 11) is 0. The van der Waals surface area contributed by atoms with Gasteiger partial charge in [0.15, 0.2) is 0 Å². The van der Waals surface area contributed by atoms with Crippen LogP contribution in [0.4, 0.5) is 4.39 Å². The fourth-order valence-electron chi connectivity index (χ4n) is 4.55. The summed E-state index contributed by atoms with van der Waals surface area (Å²) in [5.41, 5.74) is 3.11. The molecular formula is C25H30FN3O2. The molecule has 0 spiro atoms. The van der Waals surface area contributed by atoms with Gasteiger partial charge in [0.1, 0.15) is 5.82 Å². The Morgan fingerprint density at radius 3 is 2.35 bits per heavy atom. The van der Waals surface area contributed by atoms with Gasteiger partial charge >= 0.3 is 0 Å². The lowest BCUT2D eigenvalue weighted by atomic mass is 9.95. The molecule has 31 heavy (non-hydrogen) atoms. The molecule has 0 aliphatic carbocycles. The minimum absolute atomic E-state index is 0.124. The van der Waals surface area contributed by atoms with Crippen molar-refractivity contribution in [2.45, 2.75) is 26.3 Å². The Morgan fingerprint density at radius 2 is 1.65 bits per heavy atom. The zero-order valence-corrected chi connectivity index (χ0v) is 18.1. The fourth-order valence-corrected chi connectivity index (χ4v) is 4.55. The highest BCUT2D eigenvalue weighted by Gasteiger charge is 2.33. The molecule has 2 aromatic rings. The number of hydrogen-bond donors (Lipinski definition) is 0. The standard InChI is InChI=1S/C25H30FN3O2/c1-19-5-2-3-6-21(19)17-27-13-15-28(16-14-27)25(31)22-7-4-12-29(18-22)24(30)20-8-10-23(26)11-9-20/h2-3,5-6,8-11,22H,4,7,12-18H2,1H3. The molecular weight excluding hydrogens is 393 g/mol. The van der Waals surface area contributed by atoms with Crippen LogP contribution in [0.25, 0.3) is 0 Å². The number of piperidine rings is 1. The summed E-state index contributed by atoms with van der Waals surface area (Å²) in [5, 5.41) is 0. The van der Waals surface area contributed by atoms with Crippen molar-refractivity contribution in [1.82, 2.24) is 14.7 Å². The number of halogens is 1. The van der Waals surface area contributed by atoms with Crippen LogP contribution < -0.4 is 0 Å². The molecule has 0 aromatic heterocycles. The molecule has 1 unspecified atom stereocenters. The predicted octanol–water partition coefficient (Wildman–Crippen LogP) is 3.33. The molecule has 2 aliphatic rings. The van der Waals surface area contributed by atoms with E-state index in [2.05, 4.69) is 36.1 Å². The van der Waals surface area contributed by atoms with Crippen molar-refractivity contribution in [3.63, 3.8) is 0 Å². The van der Waals surface area contributed by atoms with Crippen molar-refractivity contribution in [1.29, 1.82) is 0 Å². The topological polar surface area (TPSA) is 43.9 Å². The number of likely N-dealkylation sites (tertiary alicyclic amines) is 1. The minimum Gasteiger partial charge on any atom is -0.340 e. The van der Waals surface area contributed by atoms with E-state index in [4.69, 9.17) is 0 Å². The molecule has 2 fully saturated rings. The quantitative estimate of drug-likeness (QED) is 0.758. The summed E-state index contributed by atoms with van der Waals surface area (Å²) in [6.07, 6.45) is 1.63. The van der Waals surface area contributed by atoms with E-state index in [1.54, 1.807) is 4.90 Å². The smallest absolute Gasteiger partial charge is 0.253 e. The maximum atomic E-state index is 13.2. The second kappa shape index (κ2) is 9.60. The summed E-state index contributed by atoms with van der Waals surface area (Å²) in [6, 6.07) is 14.1. The van der Waals surface area contributed by atoms with Gasteiger partial charge in [0.25, 0.3) is 5.91 Å². The van der Waals surface area contributed by atoms with Crippen LogP contribution in [0.3, 0.4) is 0 Å². The van der Waals surface area contributed by atoms with E-state index in [0.29, 0.717) is 18.7 Å². The zero-order valence-electron chi connectivity index (χ0n) is 18.1. The Bertz CT molecular complexity index is 923. The molecule has 4 rings (SSSR count). The number of nitrogens with zero attached hydrogens (tertiary/aromatic N) is 3. The zero-order chi connectivity index (χ0) is 21.8. The van der Waals surface area contributed by atoms with Crippen molar-refractivity contribution in [3.8, 4) is 0 Å². The normalized spacial score (nSPS) is 20.0. The van der Waals surface area contributed by atoms with E-state index in [-0.39, 0.29) is 23.5 Å². The van der Waals surface area contributed by atoms with Crippen molar-refractivity contribution < 1.29 is 14.0 Å². The molecule has 0 N–H and O–H groups in total. The van der Waals surface area contributed by atoms with E-state index in [1.165, 1.54) is 35.4 Å². The Hall–Kier alpha value is -2.73. The lowest BCUT2D eigenvalue weighted by Gasteiger charge is -2.39. The number of carbonyl (C=O) groups excluding carboxylic acids is 2. The number of amides is 2. The van der Waals surface area contributed by atoms with E-state index in [1.807, 2.05) is 4.90 Å². The molecule has 0 bridgehead atoms. The van der Waals surface area contributed by atoms with Crippen LogP contribution in [0.5, 0.6) is 0 Å². The van der Waals surface area contributed by atoms with E-state index in [9.17, 15) is 14.0 Å². The molecule has 2 amide bonds. The van der Waals surface area contributed by atoms with E-state index >= 15 is 0 Å². The third-order valence-corrected chi connectivity index (χ3v) is 6.49. The first-order valence-electron chi connectivity index (χ1n) is 11.1. The third kappa shape index (κ3) is 5.13. The summed E-state index contributed by atoms with van der Waals surface area (Å²) in [6.45, 7) is 7.33. The molecule has 2 heterocycles. The van der Waals surface area contributed by atoms with Crippen LogP contribution in [-0.2, 0) is 11.3 Å². The molecule has 2 aromatic carbocycles. The maximum Gasteiger partial charge on any atom is 0.253 e. The van der Waals surface area contributed by atoms with Crippen LogP contribution in [0.1, 0.15) is 34.3 Å².